The molecule has 130 valence electrons. The molecule has 2 heterocycles. The van der Waals surface area contributed by atoms with Gasteiger partial charge in [-0.05, 0) is 78.7 Å². The first-order valence-electron chi connectivity index (χ1n) is 9.94. The van der Waals surface area contributed by atoms with Crippen LogP contribution >= 0.6 is 11.3 Å². The van der Waals surface area contributed by atoms with Crippen molar-refractivity contribution in [3.63, 3.8) is 0 Å². The molecule has 0 N–H and O–H groups in total. The molecule has 1 saturated carbocycles. The molecule has 1 unspecified atom stereocenters. The highest BCUT2D eigenvalue weighted by atomic mass is 32.1. The molecule has 1 nitrogen and oxygen atoms in total. The second-order valence-electron chi connectivity index (χ2n) is 7.81. The number of rotatable bonds is 5. The molecule has 1 aliphatic carbocycles. The minimum absolute atomic E-state index is 0.950. The summed E-state index contributed by atoms with van der Waals surface area (Å²) in [6, 6.07) is 8.89. The predicted octanol–water partition coefficient (Wildman–Crippen LogP) is 6.46. The van der Waals surface area contributed by atoms with Crippen molar-refractivity contribution in [3.05, 3.63) is 35.2 Å². The molecule has 2 atom stereocenters. The van der Waals surface area contributed by atoms with Crippen LogP contribution < -0.4 is 0 Å². The van der Waals surface area contributed by atoms with E-state index in [1.165, 1.54) is 67.9 Å². The number of hydrogen-bond donors (Lipinski definition) is 0. The minimum Gasteiger partial charge on any atom is -0.381 e. The van der Waals surface area contributed by atoms with E-state index in [0.717, 1.165) is 31.0 Å². The quantitative estimate of drug-likeness (QED) is 0.606. The Bertz CT molecular complexity index is 640. The van der Waals surface area contributed by atoms with E-state index < -0.39 is 0 Å². The van der Waals surface area contributed by atoms with Gasteiger partial charge in [-0.2, -0.15) is 0 Å². The van der Waals surface area contributed by atoms with E-state index in [2.05, 4.69) is 29.6 Å². The molecule has 2 aliphatic rings. The Morgan fingerprint density at radius 2 is 1.83 bits per heavy atom. The van der Waals surface area contributed by atoms with Crippen LogP contribution in [0.5, 0.6) is 0 Å². The van der Waals surface area contributed by atoms with Crippen LogP contribution in [0.1, 0.15) is 56.9 Å². The molecular formula is C22H30OS. The molecule has 2 fully saturated rings. The largest absolute Gasteiger partial charge is 0.381 e. The lowest BCUT2D eigenvalue weighted by atomic mass is 9.68. The smallest absolute Gasteiger partial charge is 0.0468 e. The summed E-state index contributed by atoms with van der Waals surface area (Å²) in [6.45, 7) is 2.02. The highest BCUT2D eigenvalue weighted by molar-refractivity contribution is 7.17. The van der Waals surface area contributed by atoms with Crippen LogP contribution in [0.2, 0.25) is 0 Å². The Morgan fingerprint density at radius 1 is 1.00 bits per heavy atom. The average molecular weight is 343 g/mol. The monoisotopic (exact) mass is 342 g/mol. The third-order valence-corrected chi connectivity index (χ3v) is 7.43. The molecule has 4 rings (SSSR count). The lowest BCUT2D eigenvalue weighted by Crippen LogP contribution is -2.31. The minimum atomic E-state index is 0.950. The highest BCUT2D eigenvalue weighted by Gasteiger charge is 2.32. The fraction of sp³-hybridized carbons (Fsp3) is 0.636. The lowest BCUT2D eigenvalue weighted by Gasteiger charge is -2.39. The zero-order valence-corrected chi connectivity index (χ0v) is 15.5. The number of aryl methyl sites for hydroxylation is 1. The molecule has 1 aromatic carbocycles. The molecule has 2 aromatic rings. The van der Waals surface area contributed by atoms with Gasteiger partial charge < -0.3 is 4.74 Å². The number of benzene rings is 1. The van der Waals surface area contributed by atoms with Crippen molar-refractivity contribution in [3.8, 4) is 0 Å². The third-order valence-electron chi connectivity index (χ3n) is 6.42. The lowest BCUT2D eigenvalue weighted by molar-refractivity contribution is 0.0214. The third kappa shape index (κ3) is 3.70. The zero-order valence-electron chi connectivity index (χ0n) is 14.7. The van der Waals surface area contributed by atoms with E-state index in [1.54, 1.807) is 5.56 Å². The van der Waals surface area contributed by atoms with Gasteiger partial charge in [0.2, 0.25) is 0 Å². The van der Waals surface area contributed by atoms with Gasteiger partial charge in [0, 0.05) is 17.9 Å². The molecule has 0 amide bonds. The van der Waals surface area contributed by atoms with E-state index in [4.69, 9.17) is 4.74 Å². The van der Waals surface area contributed by atoms with Gasteiger partial charge in [0.25, 0.3) is 0 Å². The van der Waals surface area contributed by atoms with E-state index in [9.17, 15) is 0 Å². The normalized spacial score (nSPS) is 26.0. The van der Waals surface area contributed by atoms with Crippen LogP contribution in [0.4, 0.5) is 0 Å². The van der Waals surface area contributed by atoms with Gasteiger partial charge in [-0.1, -0.05) is 37.5 Å². The maximum Gasteiger partial charge on any atom is 0.0468 e. The fourth-order valence-electron chi connectivity index (χ4n) is 5.14. The van der Waals surface area contributed by atoms with Crippen LogP contribution in [0.15, 0.2) is 29.6 Å². The van der Waals surface area contributed by atoms with Crippen LogP contribution in [0.25, 0.3) is 10.1 Å². The van der Waals surface area contributed by atoms with Crippen molar-refractivity contribution >= 4 is 21.4 Å². The number of hydrogen-bond acceptors (Lipinski definition) is 2. The van der Waals surface area contributed by atoms with E-state index in [0.29, 0.717) is 0 Å². The summed E-state index contributed by atoms with van der Waals surface area (Å²) in [5.74, 6) is 2.92. The van der Waals surface area contributed by atoms with Gasteiger partial charge in [0.1, 0.15) is 0 Å². The molecule has 1 aromatic heterocycles. The number of ether oxygens (including phenoxy) is 1. The van der Waals surface area contributed by atoms with Gasteiger partial charge in [-0.25, -0.2) is 0 Å². The topological polar surface area (TPSA) is 9.23 Å². The highest BCUT2D eigenvalue weighted by Crippen LogP contribution is 2.41. The van der Waals surface area contributed by atoms with E-state index in [1.807, 2.05) is 11.3 Å². The standard InChI is InChI=1S/C22H30OS/c1-2-9-20(18-12-14-23-15-13-18)17(6-1)7-5-8-19-16-24-22-11-4-3-10-21(19)22/h3-4,10-11,16-18,20H,1-2,5-9,12-15H2/t17-,20?/m1/s1. The molecule has 0 radical (unpaired) electrons. The van der Waals surface area contributed by atoms with Crippen molar-refractivity contribution in [1.82, 2.24) is 0 Å². The average Bonchev–Trinajstić information content (AvgIpc) is 3.06. The zero-order chi connectivity index (χ0) is 16.2. The predicted molar refractivity (Wildman–Crippen MR) is 104 cm³/mol. The summed E-state index contributed by atoms with van der Waals surface area (Å²) in [5, 5.41) is 3.88. The number of fused-ring (bicyclic) bond motifs is 1. The van der Waals surface area contributed by atoms with Gasteiger partial charge in [-0.15, -0.1) is 11.3 Å². The summed E-state index contributed by atoms with van der Waals surface area (Å²) in [4.78, 5) is 0. The number of thiophene rings is 1. The maximum absolute atomic E-state index is 5.60. The Balaban J connectivity index is 1.35. The van der Waals surface area contributed by atoms with Crippen molar-refractivity contribution < 1.29 is 4.74 Å². The Labute approximate surface area is 150 Å². The summed E-state index contributed by atoms with van der Waals surface area (Å²) in [7, 11) is 0. The van der Waals surface area contributed by atoms with Gasteiger partial charge in [0.05, 0.1) is 0 Å². The van der Waals surface area contributed by atoms with E-state index in [-0.39, 0.29) is 0 Å². The second-order valence-corrected chi connectivity index (χ2v) is 8.72. The first-order valence-corrected chi connectivity index (χ1v) is 10.8. The molecule has 1 saturated heterocycles. The molecule has 0 spiro atoms. The SMILES string of the molecule is c1ccc2c(CCC[C@H]3CCCCC3C3CCOCC3)csc2c1. The van der Waals surface area contributed by atoms with Crippen LogP contribution in [0, 0.1) is 17.8 Å². The molecule has 1 aliphatic heterocycles. The van der Waals surface area contributed by atoms with Crippen LogP contribution in [-0.4, -0.2) is 13.2 Å². The van der Waals surface area contributed by atoms with E-state index >= 15 is 0 Å². The van der Waals surface area contributed by atoms with Gasteiger partial charge >= 0.3 is 0 Å². The van der Waals surface area contributed by atoms with Crippen molar-refractivity contribution in [1.29, 1.82) is 0 Å². The molecule has 2 heteroatoms. The molecule has 24 heavy (non-hydrogen) atoms. The Morgan fingerprint density at radius 3 is 2.75 bits per heavy atom. The summed E-state index contributed by atoms with van der Waals surface area (Å²) in [5.41, 5.74) is 1.58. The van der Waals surface area contributed by atoms with Crippen molar-refractivity contribution in [2.75, 3.05) is 13.2 Å². The van der Waals surface area contributed by atoms with Gasteiger partial charge in [0.15, 0.2) is 0 Å². The fourth-order valence-corrected chi connectivity index (χ4v) is 6.14. The summed E-state index contributed by atoms with van der Waals surface area (Å²) >= 11 is 1.91. The first-order chi connectivity index (χ1) is 11.9. The summed E-state index contributed by atoms with van der Waals surface area (Å²) < 4.78 is 7.05. The second kappa shape index (κ2) is 8.01. The van der Waals surface area contributed by atoms with Crippen molar-refractivity contribution in [2.45, 2.75) is 57.8 Å². The van der Waals surface area contributed by atoms with Crippen LogP contribution in [0.3, 0.4) is 0 Å². The van der Waals surface area contributed by atoms with Gasteiger partial charge in [-0.3, -0.25) is 0 Å². The summed E-state index contributed by atoms with van der Waals surface area (Å²) in [6.07, 6.45) is 12.6. The molecular weight excluding hydrogens is 312 g/mol. The first kappa shape index (κ1) is 16.6. The van der Waals surface area contributed by atoms with Crippen LogP contribution in [-0.2, 0) is 11.2 Å². The Kier molecular flexibility index (Phi) is 5.54. The molecule has 0 bridgehead atoms. The maximum atomic E-state index is 5.60. The van der Waals surface area contributed by atoms with Crippen molar-refractivity contribution in [2.24, 2.45) is 17.8 Å². The Hall–Kier alpha value is -0.860.